The zero-order chi connectivity index (χ0) is 28.1. The first kappa shape index (κ1) is 30.3. The van der Waals surface area contributed by atoms with Crippen LogP contribution in [0.15, 0.2) is 53.0 Å². The van der Waals surface area contributed by atoms with Crippen LogP contribution in [0.2, 0.25) is 5.02 Å². The van der Waals surface area contributed by atoms with E-state index in [0.29, 0.717) is 11.6 Å². The highest BCUT2D eigenvalue weighted by atomic mass is 79.9. The summed E-state index contributed by atoms with van der Waals surface area (Å²) in [5.74, 6) is -0.0742. The molecule has 3 rings (SSSR count). The first-order valence-corrected chi connectivity index (χ1v) is 14.4. The minimum Gasteiger partial charge on any atom is -0.444 e. The number of benzene rings is 2. The van der Waals surface area contributed by atoms with E-state index >= 15 is 0 Å². The zero-order valence-electron chi connectivity index (χ0n) is 23.2. The van der Waals surface area contributed by atoms with Gasteiger partial charge < -0.3 is 19.7 Å². The van der Waals surface area contributed by atoms with E-state index in [1.807, 2.05) is 82.8 Å². The molecule has 1 saturated carbocycles. The van der Waals surface area contributed by atoms with Crippen LogP contribution < -0.4 is 5.32 Å². The lowest BCUT2D eigenvalue weighted by atomic mass is 9.87. The van der Waals surface area contributed by atoms with Gasteiger partial charge in [-0.15, -0.1) is 0 Å². The molecule has 0 aliphatic heterocycles. The van der Waals surface area contributed by atoms with Gasteiger partial charge in [-0.1, -0.05) is 48.0 Å². The summed E-state index contributed by atoms with van der Waals surface area (Å²) in [6.07, 6.45) is 2.30. The molecule has 0 aromatic heterocycles. The number of carbonyl (C=O) groups excluding carboxylic acids is 2. The van der Waals surface area contributed by atoms with E-state index in [0.717, 1.165) is 41.3 Å². The van der Waals surface area contributed by atoms with Crippen LogP contribution >= 0.6 is 27.5 Å². The summed E-state index contributed by atoms with van der Waals surface area (Å²) in [4.78, 5) is 27.7. The first-order valence-electron chi connectivity index (χ1n) is 13.2. The van der Waals surface area contributed by atoms with Gasteiger partial charge in [-0.2, -0.15) is 0 Å². The molecule has 0 bridgehead atoms. The summed E-state index contributed by atoms with van der Waals surface area (Å²) in [7, 11) is 0. The van der Waals surface area contributed by atoms with Crippen molar-refractivity contribution in [1.82, 2.24) is 10.2 Å². The highest BCUT2D eigenvalue weighted by molar-refractivity contribution is 9.10. The molecular weight excluding hydrogens is 568 g/mol. The topological polar surface area (TPSA) is 67.9 Å². The summed E-state index contributed by atoms with van der Waals surface area (Å²) in [6, 6.07) is 16.1. The minimum absolute atomic E-state index is 0.0107. The number of nitrogens with zero attached hydrogens (tertiary/aromatic N) is 1. The van der Waals surface area contributed by atoms with Crippen molar-refractivity contribution in [3.8, 4) is 0 Å². The number of amides is 2. The van der Waals surface area contributed by atoms with E-state index in [1.165, 1.54) is 0 Å². The van der Waals surface area contributed by atoms with Crippen molar-refractivity contribution in [2.45, 2.75) is 96.4 Å². The zero-order valence-corrected chi connectivity index (χ0v) is 25.6. The van der Waals surface area contributed by atoms with Gasteiger partial charge in [0.2, 0.25) is 0 Å². The van der Waals surface area contributed by atoms with Crippen LogP contribution in [-0.4, -0.2) is 46.9 Å². The SMILES string of the molecule is CC(C)(C)OC(=O)NC1CCC(N(CC(c2ccccc2)c2ccc(Cl)c(Br)c2)C(=O)OC(C)(C)C)CC1. The number of nitrogens with one attached hydrogen (secondary N) is 1. The van der Waals surface area contributed by atoms with Crippen LogP contribution in [0.4, 0.5) is 9.59 Å². The van der Waals surface area contributed by atoms with Crippen LogP contribution in [0.25, 0.3) is 0 Å². The van der Waals surface area contributed by atoms with Crippen LogP contribution in [0.1, 0.15) is 84.3 Å². The van der Waals surface area contributed by atoms with Gasteiger partial charge >= 0.3 is 12.2 Å². The van der Waals surface area contributed by atoms with E-state index in [4.69, 9.17) is 21.1 Å². The van der Waals surface area contributed by atoms with Crippen LogP contribution in [0.3, 0.4) is 0 Å². The highest BCUT2D eigenvalue weighted by Crippen LogP contribution is 2.34. The minimum atomic E-state index is -0.615. The van der Waals surface area contributed by atoms with E-state index in [2.05, 4.69) is 33.4 Å². The van der Waals surface area contributed by atoms with Gasteiger partial charge in [-0.25, -0.2) is 9.59 Å². The normalized spacial score (nSPS) is 18.8. The maximum absolute atomic E-state index is 13.6. The lowest BCUT2D eigenvalue weighted by Crippen LogP contribution is -2.49. The second kappa shape index (κ2) is 12.7. The molecule has 0 saturated heterocycles. The Morgan fingerprint density at radius 2 is 1.55 bits per heavy atom. The molecule has 1 atom stereocenters. The Hall–Kier alpha value is -2.25. The molecule has 1 fully saturated rings. The molecule has 1 aliphatic rings. The van der Waals surface area contributed by atoms with Crippen LogP contribution in [0, 0.1) is 0 Å². The second-order valence-electron chi connectivity index (χ2n) is 11.9. The van der Waals surface area contributed by atoms with E-state index < -0.39 is 17.3 Å². The Morgan fingerprint density at radius 1 is 0.947 bits per heavy atom. The number of ether oxygens (including phenoxy) is 2. The molecule has 6 nitrogen and oxygen atoms in total. The van der Waals surface area contributed by atoms with Gasteiger partial charge in [-0.3, -0.25) is 0 Å². The molecule has 0 radical (unpaired) electrons. The fraction of sp³-hybridized carbons (Fsp3) is 0.533. The molecule has 8 heteroatoms. The molecule has 2 amide bonds. The van der Waals surface area contributed by atoms with Crippen molar-refractivity contribution < 1.29 is 19.1 Å². The maximum Gasteiger partial charge on any atom is 0.410 e. The van der Waals surface area contributed by atoms with Gasteiger partial charge in [0.1, 0.15) is 11.2 Å². The van der Waals surface area contributed by atoms with Crippen LogP contribution in [0.5, 0.6) is 0 Å². The number of carbonyl (C=O) groups is 2. The third-order valence-electron chi connectivity index (χ3n) is 6.41. The van der Waals surface area contributed by atoms with E-state index in [9.17, 15) is 9.59 Å². The van der Waals surface area contributed by atoms with Crippen molar-refractivity contribution in [3.63, 3.8) is 0 Å². The van der Waals surface area contributed by atoms with Crippen molar-refractivity contribution in [2.75, 3.05) is 6.54 Å². The van der Waals surface area contributed by atoms with Gasteiger partial charge in [0.25, 0.3) is 0 Å². The summed E-state index contributed by atoms with van der Waals surface area (Å²) in [5, 5.41) is 3.63. The lowest BCUT2D eigenvalue weighted by Gasteiger charge is -2.39. The molecule has 1 aliphatic carbocycles. The van der Waals surface area contributed by atoms with Crippen molar-refractivity contribution >= 4 is 39.7 Å². The van der Waals surface area contributed by atoms with Crippen molar-refractivity contribution in [2.24, 2.45) is 0 Å². The number of halogens is 2. The number of hydrogen-bond acceptors (Lipinski definition) is 4. The van der Waals surface area contributed by atoms with Gasteiger partial charge in [-0.05, 0) is 106 Å². The van der Waals surface area contributed by atoms with Crippen molar-refractivity contribution in [3.05, 3.63) is 69.2 Å². The molecule has 1 N–H and O–H groups in total. The predicted octanol–water partition coefficient (Wildman–Crippen LogP) is 8.31. The molecule has 0 heterocycles. The highest BCUT2D eigenvalue weighted by Gasteiger charge is 2.35. The Morgan fingerprint density at radius 3 is 2.11 bits per heavy atom. The smallest absolute Gasteiger partial charge is 0.410 e. The van der Waals surface area contributed by atoms with Crippen molar-refractivity contribution in [1.29, 1.82) is 0 Å². The molecule has 1 unspecified atom stereocenters. The lowest BCUT2D eigenvalue weighted by molar-refractivity contribution is 0.00941. The summed E-state index contributed by atoms with van der Waals surface area (Å²) in [6.45, 7) is 11.7. The summed E-state index contributed by atoms with van der Waals surface area (Å²) >= 11 is 9.86. The molecule has 208 valence electrons. The Bertz CT molecular complexity index is 1090. The Kier molecular flexibility index (Phi) is 10.2. The summed E-state index contributed by atoms with van der Waals surface area (Å²) in [5.41, 5.74) is 1.01. The third-order valence-corrected chi connectivity index (χ3v) is 7.63. The van der Waals surface area contributed by atoms with Gasteiger partial charge in [0.15, 0.2) is 0 Å². The average Bonchev–Trinajstić information content (AvgIpc) is 2.80. The maximum atomic E-state index is 13.6. The fourth-order valence-electron chi connectivity index (χ4n) is 4.71. The molecule has 2 aromatic carbocycles. The Balaban J connectivity index is 1.83. The fourth-order valence-corrected chi connectivity index (χ4v) is 5.23. The third kappa shape index (κ3) is 9.19. The quantitative estimate of drug-likeness (QED) is 0.359. The van der Waals surface area contributed by atoms with Gasteiger partial charge in [0.05, 0.1) is 5.02 Å². The molecule has 38 heavy (non-hydrogen) atoms. The number of alkyl carbamates (subject to hydrolysis) is 1. The molecular formula is C30H40BrClN2O4. The first-order chi connectivity index (χ1) is 17.7. The van der Waals surface area contributed by atoms with E-state index in [-0.39, 0.29) is 24.1 Å². The molecule has 2 aromatic rings. The standard InChI is InChI=1S/C30H40BrClN2O4/c1-29(2,3)37-27(35)33-22-13-15-23(16-14-22)34(28(36)38-30(4,5)6)19-24(20-10-8-7-9-11-20)21-12-17-26(32)25(31)18-21/h7-12,17-18,22-24H,13-16,19H2,1-6H3,(H,33,35). The molecule has 0 spiro atoms. The van der Waals surface area contributed by atoms with Crippen LogP contribution in [-0.2, 0) is 9.47 Å². The number of hydrogen-bond donors (Lipinski definition) is 1. The predicted molar refractivity (Wildman–Crippen MR) is 156 cm³/mol. The summed E-state index contributed by atoms with van der Waals surface area (Å²) < 4.78 is 12.1. The largest absolute Gasteiger partial charge is 0.444 e. The second-order valence-corrected chi connectivity index (χ2v) is 13.2. The monoisotopic (exact) mass is 606 g/mol. The Labute approximate surface area is 240 Å². The van der Waals surface area contributed by atoms with E-state index in [1.54, 1.807) is 0 Å². The van der Waals surface area contributed by atoms with Gasteiger partial charge in [0, 0.05) is 29.0 Å². The number of rotatable bonds is 6. The average molecular weight is 608 g/mol.